The van der Waals surface area contributed by atoms with Crippen molar-refractivity contribution in [3.05, 3.63) is 99.8 Å². The smallest absolute Gasteiger partial charge is 0.338 e. The number of benzene rings is 2. The van der Waals surface area contributed by atoms with Gasteiger partial charge in [-0.15, -0.1) is 0 Å². The molecule has 1 aliphatic heterocycles. The molecule has 5 rings (SSSR count). The Bertz CT molecular complexity index is 1840. The number of rotatable bonds is 7. The molecule has 0 saturated carbocycles. The third-order valence-corrected chi connectivity index (χ3v) is 8.51. The van der Waals surface area contributed by atoms with Gasteiger partial charge in [-0.05, 0) is 56.3 Å². The van der Waals surface area contributed by atoms with E-state index in [0.29, 0.717) is 43.6 Å². The number of fused-ring (bicyclic) bond motifs is 1. The van der Waals surface area contributed by atoms with E-state index in [1.165, 1.54) is 23.0 Å². The van der Waals surface area contributed by atoms with Crippen LogP contribution in [-0.4, -0.2) is 31.4 Å². The lowest BCUT2D eigenvalue weighted by atomic mass is 9.95. The van der Waals surface area contributed by atoms with Crippen molar-refractivity contribution >= 4 is 55.2 Å². The maximum atomic E-state index is 13.9. The van der Waals surface area contributed by atoms with Crippen molar-refractivity contribution in [3.63, 3.8) is 0 Å². The maximum Gasteiger partial charge on any atom is 0.338 e. The average molecular weight is 688 g/mol. The molecule has 1 atom stereocenters. The van der Waals surface area contributed by atoms with Crippen LogP contribution in [-0.2, 0) is 9.53 Å². The summed E-state index contributed by atoms with van der Waals surface area (Å²) in [5.74, 6) is 1.65. The summed E-state index contributed by atoms with van der Waals surface area (Å²) in [6.07, 6.45) is 1.69. The van der Waals surface area contributed by atoms with Gasteiger partial charge in [0.1, 0.15) is 29.1 Å². The topological polar surface area (TPSA) is 92.3 Å². The molecule has 206 valence electrons. The van der Waals surface area contributed by atoms with Crippen molar-refractivity contribution in [1.29, 1.82) is 0 Å². The Morgan fingerprint density at radius 2 is 1.93 bits per heavy atom. The largest absolute Gasteiger partial charge is 0.497 e. The quantitative estimate of drug-likeness (QED) is 0.235. The van der Waals surface area contributed by atoms with Gasteiger partial charge in [-0.2, -0.15) is 0 Å². The van der Waals surface area contributed by atoms with Gasteiger partial charge in [-0.25, -0.2) is 9.79 Å². The van der Waals surface area contributed by atoms with Gasteiger partial charge in [-0.1, -0.05) is 43.2 Å². The van der Waals surface area contributed by atoms with Crippen LogP contribution in [0, 0.1) is 0 Å². The van der Waals surface area contributed by atoms with Crippen LogP contribution in [0.2, 0.25) is 0 Å². The lowest BCUT2D eigenvalue weighted by Gasteiger charge is -2.26. The number of nitrogens with zero attached hydrogens (tertiary/aromatic N) is 2. The van der Waals surface area contributed by atoms with E-state index < -0.39 is 12.0 Å². The van der Waals surface area contributed by atoms with Gasteiger partial charge < -0.3 is 18.6 Å². The monoisotopic (exact) mass is 686 g/mol. The van der Waals surface area contributed by atoms with E-state index in [9.17, 15) is 9.59 Å². The zero-order valence-corrected chi connectivity index (χ0v) is 26.0. The molecule has 0 unspecified atom stereocenters. The normalized spacial score (nSPS) is 15.1. The number of methoxy groups -OCH3 is 2. The number of carbonyl (C=O) groups is 1. The zero-order chi connectivity index (χ0) is 28.6. The first-order chi connectivity index (χ1) is 19.2. The third-order valence-electron chi connectivity index (χ3n) is 6.35. The zero-order valence-electron chi connectivity index (χ0n) is 22.0. The maximum absolute atomic E-state index is 13.9. The van der Waals surface area contributed by atoms with Crippen LogP contribution in [0.1, 0.15) is 31.2 Å². The number of hydrogen-bond donors (Lipinski definition) is 0. The molecule has 4 aromatic rings. The van der Waals surface area contributed by atoms with E-state index in [1.54, 1.807) is 51.3 Å². The molecule has 2 aromatic carbocycles. The third kappa shape index (κ3) is 5.21. The number of thiazole rings is 1. The molecule has 2 aromatic heterocycles. The van der Waals surface area contributed by atoms with Gasteiger partial charge in [-0.3, -0.25) is 9.36 Å². The van der Waals surface area contributed by atoms with E-state index in [2.05, 4.69) is 36.9 Å². The molecule has 1 aliphatic rings. The molecule has 0 aliphatic carbocycles. The summed E-state index contributed by atoms with van der Waals surface area (Å²) in [5, 5.41) is 0. The second-order valence-corrected chi connectivity index (χ2v) is 11.5. The van der Waals surface area contributed by atoms with Crippen molar-refractivity contribution in [2.24, 2.45) is 4.99 Å². The Kier molecular flexibility index (Phi) is 8.16. The molecule has 40 heavy (non-hydrogen) atoms. The van der Waals surface area contributed by atoms with Gasteiger partial charge in [0, 0.05) is 32.2 Å². The first-order valence-corrected chi connectivity index (χ1v) is 14.6. The summed E-state index contributed by atoms with van der Waals surface area (Å²) < 4.78 is 26.2. The number of carbonyl (C=O) groups excluding carboxylic acids is 1. The van der Waals surface area contributed by atoms with Crippen molar-refractivity contribution in [2.45, 2.75) is 19.9 Å². The molecule has 0 fully saturated rings. The Labute approximate surface area is 250 Å². The summed E-state index contributed by atoms with van der Waals surface area (Å²) >= 11 is 8.27. The minimum atomic E-state index is -0.817. The lowest BCUT2D eigenvalue weighted by molar-refractivity contribution is -0.139. The number of halogens is 2. The van der Waals surface area contributed by atoms with E-state index in [1.807, 2.05) is 24.3 Å². The van der Waals surface area contributed by atoms with Crippen molar-refractivity contribution in [3.8, 4) is 22.8 Å². The standard InChI is InChI=1S/C29H24Br2N2O6S/c1-5-38-28(35)25-15(2)32-29-33(26(25)19-9-7-17(36-3)13-23(19)37-4)27(34)24(40-29)14-18-8-11-22(39-18)20-12-16(30)6-10-21(20)31/h6-14,26H,5H2,1-4H3/b24-14+/t26-/m1/s1. The number of ether oxygens (including phenoxy) is 3. The summed E-state index contributed by atoms with van der Waals surface area (Å²) in [4.78, 5) is 32.2. The van der Waals surface area contributed by atoms with Crippen molar-refractivity contribution < 1.29 is 23.4 Å². The SMILES string of the molecule is CCOC(=O)C1=C(C)N=c2s/c(=C/c3ccc(-c4cc(Br)ccc4Br)o3)c(=O)n2[C@@H]1c1ccc(OC)cc1OC. The highest BCUT2D eigenvalue weighted by Crippen LogP contribution is 2.38. The van der Waals surface area contributed by atoms with E-state index >= 15 is 0 Å². The van der Waals surface area contributed by atoms with Crippen LogP contribution in [0.15, 0.2) is 83.0 Å². The average Bonchev–Trinajstić information content (AvgIpc) is 3.53. The fraction of sp³-hybridized carbons (Fsp3) is 0.207. The van der Waals surface area contributed by atoms with Gasteiger partial charge in [0.15, 0.2) is 4.80 Å². The highest BCUT2D eigenvalue weighted by Gasteiger charge is 2.35. The fourth-order valence-corrected chi connectivity index (χ4v) is 6.35. The Balaban J connectivity index is 1.68. The minimum absolute atomic E-state index is 0.182. The summed E-state index contributed by atoms with van der Waals surface area (Å²) in [6.45, 7) is 3.65. The molecule has 11 heteroatoms. The molecule has 0 saturated heterocycles. The minimum Gasteiger partial charge on any atom is -0.497 e. The number of allylic oxidation sites excluding steroid dienone is 1. The molecule has 0 radical (unpaired) electrons. The van der Waals surface area contributed by atoms with Gasteiger partial charge in [0.05, 0.1) is 36.6 Å². The molecular formula is C29H24Br2N2O6S. The predicted molar refractivity (Wildman–Crippen MR) is 159 cm³/mol. The second-order valence-electron chi connectivity index (χ2n) is 8.74. The molecule has 0 N–H and O–H groups in total. The van der Waals surface area contributed by atoms with Crippen LogP contribution in [0.4, 0.5) is 0 Å². The molecule has 3 heterocycles. The highest BCUT2D eigenvalue weighted by molar-refractivity contribution is 9.11. The van der Waals surface area contributed by atoms with Crippen molar-refractivity contribution in [2.75, 3.05) is 20.8 Å². The van der Waals surface area contributed by atoms with Crippen LogP contribution in [0.3, 0.4) is 0 Å². The van der Waals surface area contributed by atoms with Crippen LogP contribution >= 0.6 is 43.2 Å². The van der Waals surface area contributed by atoms with Gasteiger partial charge in [0.25, 0.3) is 5.56 Å². The van der Waals surface area contributed by atoms with E-state index in [0.717, 1.165) is 14.5 Å². The number of esters is 1. The lowest BCUT2D eigenvalue weighted by Crippen LogP contribution is -2.40. The fourth-order valence-electron chi connectivity index (χ4n) is 4.52. The molecule has 8 nitrogen and oxygen atoms in total. The van der Waals surface area contributed by atoms with Crippen molar-refractivity contribution in [1.82, 2.24) is 4.57 Å². The predicted octanol–water partition coefficient (Wildman–Crippen LogP) is 5.60. The highest BCUT2D eigenvalue weighted by atomic mass is 79.9. The number of aromatic nitrogens is 1. The van der Waals surface area contributed by atoms with E-state index in [-0.39, 0.29) is 17.7 Å². The molecule has 0 spiro atoms. The molecule has 0 bridgehead atoms. The Hall–Kier alpha value is -3.41. The van der Waals surface area contributed by atoms with Crippen LogP contribution in [0.5, 0.6) is 11.5 Å². The Morgan fingerprint density at radius 1 is 1.12 bits per heavy atom. The summed E-state index contributed by atoms with van der Waals surface area (Å²) in [7, 11) is 3.09. The summed E-state index contributed by atoms with van der Waals surface area (Å²) in [5.41, 5.74) is 1.89. The van der Waals surface area contributed by atoms with Crippen LogP contribution < -0.4 is 24.4 Å². The molecule has 0 amide bonds. The second kappa shape index (κ2) is 11.6. The first kappa shape index (κ1) is 28.1. The molecular weight excluding hydrogens is 664 g/mol. The Morgan fingerprint density at radius 3 is 2.65 bits per heavy atom. The van der Waals surface area contributed by atoms with Gasteiger partial charge in [0.2, 0.25) is 0 Å². The van der Waals surface area contributed by atoms with Crippen LogP contribution in [0.25, 0.3) is 17.4 Å². The van der Waals surface area contributed by atoms with Gasteiger partial charge >= 0.3 is 5.97 Å². The summed E-state index contributed by atoms with van der Waals surface area (Å²) in [6, 6.07) is 13.9. The first-order valence-electron chi connectivity index (χ1n) is 12.2. The number of hydrogen-bond acceptors (Lipinski definition) is 8. The number of furan rings is 1. The van der Waals surface area contributed by atoms with E-state index in [4.69, 9.17) is 18.6 Å².